The number of benzene rings is 1. The lowest BCUT2D eigenvalue weighted by molar-refractivity contribution is -0.114. The first-order valence-electron chi connectivity index (χ1n) is 9.34. The van der Waals surface area contributed by atoms with Gasteiger partial charge in [0.2, 0.25) is 5.91 Å². The van der Waals surface area contributed by atoms with E-state index in [-0.39, 0.29) is 11.9 Å². The van der Waals surface area contributed by atoms with Crippen molar-refractivity contribution in [3.05, 3.63) is 47.1 Å². The van der Waals surface area contributed by atoms with Gasteiger partial charge >= 0.3 is 6.03 Å². The Morgan fingerprint density at radius 3 is 2.64 bits per heavy atom. The van der Waals surface area contributed by atoms with Crippen LogP contribution < -0.4 is 20.9 Å². The summed E-state index contributed by atoms with van der Waals surface area (Å²) >= 11 is 6.19. The lowest BCUT2D eigenvalue weighted by Gasteiger charge is -2.29. The van der Waals surface area contributed by atoms with E-state index in [1.165, 1.54) is 13.3 Å². The quantitative estimate of drug-likeness (QED) is 0.706. The number of amides is 3. The Kier molecular flexibility index (Phi) is 6.71. The van der Waals surface area contributed by atoms with Crippen molar-refractivity contribution in [2.45, 2.75) is 32.7 Å². The van der Waals surface area contributed by atoms with Gasteiger partial charge in [-0.15, -0.1) is 0 Å². The van der Waals surface area contributed by atoms with Gasteiger partial charge in [0, 0.05) is 44.0 Å². The molecule has 1 aromatic carbocycles. The summed E-state index contributed by atoms with van der Waals surface area (Å²) < 4.78 is 0. The van der Waals surface area contributed by atoms with E-state index in [1.54, 1.807) is 24.4 Å². The number of hydrogen-bond donors (Lipinski definition) is 3. The van der Waals surface area contributed by atoms with Gasteiger partial charge < -0.3 is 20.9 Å². The van der Waals surface area contributed by atoms with Gasteiger partial charge in [0.1, 0.15) is 5.82 Å². The van der Waals surface area contributed by atoms with Crippen molar-refractivity contribution in [2.75, 3.05) is 28.6 Å². The predicted molar refractivity (Wildman–Crippen MR) is 112 cm³/mol. The van der Waals surface area contributed by atoms with Crippen molar-refractivity contribution in [1.82, 2.24) is 10.3 Å². The maximum atomic E-state index is 12.3. The SMILES string of the molecule is CC(=O)Nc1ccc(NC(=O)NCc2cccnc2N2CCCCC2)c(Cl)c1. The lowest BCUT2D eigenvalue weighted by atomic mass is 10.1. The van der Waals surface area contributed by atoms with Crippen molar-refractivity contribution >= 4 is 40.7 Å². The van der Waals surface area contributed by atoms with Crippen molar-refractivity contribution in [3.8, 4) is 0 Å². The number of hydrogen-bond acceptors (Lipinski definition) is 4. The van der Waals surface area contributed by atoms with Crippen molar-refractivity contribution < 1.29 is 9.59 Å². The minimum Gasteiger partial charge on any atom is -0.356 e. The number of anilines is 3. The molecule has 2 aromatic rings. The molecule has 1 aliphatic rings. The van der Waals surface area contributed by atoms with Crippen LogP contribution in [0.3, 0.4) is 0 Å². The van der Waals surface area contributed by atoms with Gasteiger partial charge in [-0.3, -0.25) is 4.79 Å². The molecule has 8 heteroatoms. The molecule has 1 fully saturated rings. The molecular formula is C20H24ClN5O2. The zero-order valence-corrected chi connectivity index (χ0v) is 16.6. The molecule has 1 aliphatic heterocycles. The standard InChI is InChI=1S/C20H24ClN5O2/c1-14(27)24-16-7-8-18(17(21)12-16)25-20(28)23-13-15-6-5-9-22-19(15)26-10-3-2-4-11-26/h5-9,12H,2-4,10-11,13H2,1H3,(H,24,27)(H2,23,25,28). The van der Waals surface area contributed by atoms with E-state index in [9.17, 15) is 9.59 Å². The van der Waals surface area contributed by atoms with E-state index in [2.05, 4.69) is 25.8 Å². The van der Waals surface area contributed by atoms with Crippen LogP contribution in [0.4, 0.5) is 22.0 Å². The number of nitrogens with zero attached hydrogens (tertiary/aromatic N) is 2. The molecule has 3 amide bonds. The first-order chi connectivity index (χ1) is 13.5. The number of nitrogens with one attached hydrogen (secondary N) is 3. The smallest absolute Gasteiger partial charge is 0.319 e. The number of rotatable bonds is 5. The lowest BCUT2D eigenvalue weighted by Crippen LogP contribution is -2.33. The van der Waals surface area contributed by atoms with Crippen molar-refractivity contribution in [1.29, 1.82) is 0 Å². The molecule has 0 radical (unpaired) electrons. The normalized spacial score (nSPS) is 13.7. The maximum absolute atomic E-state index is 12.3. The molecule has 7 nitrogen and oxygen atoms in total. The molecule has 0 unspecified atom stereocenters. The molecular weight excluding hydrogens is 378 g/mol. The highest BCUT2D eigenvalue weighted by Gasteiger charge is 2.16. The third-order valence-electron chi connectivity index (χ3n) is 4.50. The zero-order chi connectivity index (χ0) is 19.9. The van der Waals surface area contributed by atoms with E-state index in [1.807, 2.05) is 12.1 Å². The number of carbonyl (C=O) groups excluding carboxylic acids is 2. The topological polar surface area (TPSA) is 86.4 Å². The molecule has 0 bridgehead atoms. The van der Waals surface area contributed by atoms with Crippen molar-refractivity contribution in [3.63, 3.8) is 0 Å². The Morgan fingerprint density at radius 2 is 1.93 bits per heavy atom. The summed E-state index contributed by atoms with van der Waals surface area (Å²) in [7, 11) is 0. The van der Waals surface area contributed by atoms with Gasteiger partial charge in [-0.05, 0) is 43.5 Å². The Bertz CT molecular complexity index is 852. The molecule has 28 heavy (non-hydrogen) atoms. The van der Waals surface area contributed by atoms with Gasteiger partial charge in [0.05, 0.1) is 10.7 Å². The largest absolute Gasteiger partial charge is 0.356 e. The summed E-state index contributed by atoms with van der Waals surface area (Å²) in [6, 6.07) is 8.41. The third-order valence-corrected chi connectivity index (χ3v) is 4.81. The monoisotopic (exact) mass is 401 g/mol. The summed E-state index contributed by atoms with van der Waals surface area (Å²) in [5.41, 5.74) is 2.02. The second kappa shape index (κ2) is 9.41. The Balaban J connectivity index is 1.60. The molecule has 0 saturated carbocycles. The molecule has 148 valence electrons. The van der Waals surface area contributed by atoms with Crippen LogP contribution in [0.5, 0.6) is 0 Å². The van der Waals surface area contributed by atoms with Gasteiger partial charge in [-0.2, -0.15) is 0 Å². The molecule has 1 aromatic heterocycles. The molecule has 0 spiro atoms. The number of urea groups is 1. The summed E-state index contributed by atoms with van der Waals surface area (Å²) in [5, 5.41) is 8.58. The van der Waals surface area contributed by atoms with Gasteiger partial charge in [-0.1, -0.05) is 17.7 Å². The van der Waals surface area contributed by atoms with Gasteiger partial charge in [0.25, 0.3) is 0 Å². The summed E-state index contributed by atoms with van der Waals surface area (Å²) in [6.45, 7) is 3.77. The molecule has 3 rings (SSSR count). The number of aromatic nitrogens is 1. The van der Waals surface area contributed by atoms with E-state index >= 15 is 0 Å². The second-order valence-electron chi connectivity index (χ2n) is 6.72. The second-order valence-corrected chi connectivity index (χ2v) is 7.12. The number of piperidine rings is 1. The first kappa shape index (κ1) is 19.9. The molecule has 3 N–H and O–H groups in total. The van der Waals surface area contributed by atoms with E-state index in [0.717, 1.165) is 37.3 Å². The highest BCUT2D eigenvalue weighted by molar-refractivity contribution is 6.34. The van der Waals surface area contributed by atoms with Crippen LogP contribution in [-0.2, 0) is 11.3 Å². The summed E-state index contributed by atoms with van der Waals surface area (Å²) in [5.74, 6) is 0.746. The fraction of sp³-hybridized carbons (Fsp3) is 0.350. The van der Waals surface area contributed by atoms with Crippen LogP contribution in [0.1, 0.15) is 31.7 Å². The van der Waals surface area contributed by atoms with Gasteiger partial charge in [0.15, 0.2) is 0 Å². The van der Waals surface area contributed by atoms with E-state index in [4.69, 9.17) is 11.6 Å². The van der Waals surface area contributed by atoms with Crippen LogP contribution >= 0.6 is 11.6 Å². The third kappa shape index (κ3) is 5.36. The van der Waals surface area contributed by atoms with Crippen LogP contribution in [0.25, 0.3) is 0 Å². The fourth-order valence-corrected chi connectivity index (χ4v) is 3.43. The van der Waals surface area contributed by atoms with E-state index < -0.39 is 0 Å². The Morgan fingerprint density at radius 1 is 1.14 bits per heavy atom. The summed E-state index contributed by atoms with van der Waals surface area (Å²) in [6.07, 6.45) is 5.36. The number of pyridine rings is 1. The Labute approximate surface area is 169 Å². The average molecular weight is 402 g/mol. The highest BCUT2D eigenvalue weighted by atomic mass is 35.5. The molecule has 2 heterocycles. The molecule has 0 aliphatic carbocycles. The van der Waals surface area contributed by atoms with Crippen molar-refractivity contribution in [2.24, 2.45) is 0 Å². The van der Waals surface area contributed by atoms with Crippen LogP contribution in [-0.4, -0.2) is 30.0 Å². The molecule has 0 atom stereocenters. The van der Waals surface area contributed by atoms with Crippen LogP contribution in [0.15, 0.2) is 36.5 Å². The predicted octanol–water partition coefficient (Wildman–Crippen LogP) is 4.01. The zero-order valence-electron chi connectivity index (χ0n) is 15.8. The Hall–Kier alpha value is -2.80. The highest BCUT2D eigenvalue weighted by Crippen LogP contribution is 2.26. The fourth-order valence-electron chi connectivity index (χ4n) is 3.20. The maximum Gasteiger partial charge on any atom is 0.319 e. The molecule has 1 saturated heterocycles. The number of halogens is 1. The van der Waals surface area contributed by atoms with Gasteiger partial charge in [-0.25, -0.2) is 9.78 Å². The van der Waals surface area contributed by atoms with E-state index in [0.29, 0.717) is 22.9 Å². The summed E-state index contributed by atoms with van der Waals surface area (Å²) in [4.78, 5) is 30.2. The first-order valence-corrected chi connectivity index (χ1v) is 9.71. The minimum absolute atomic E-state index is 0.185. The average Bonchev–Trinajstić information content (AvgIpc) is 2.69. The van der Waals surface area contributed by atoms with Crippen LogP contribution in [0.2, 0.25) is 5.02 Å². The number of carbonyl (C=O) groups is 2. The van der Waals surface area contributed by atoms with Crippen LogP contribution in [0, 0.1) is 0 Å². The minimum atomic E-state index is -0.359.